The lowest BCUT2D eigenvalue weighted by Crippen LogP contribution is -2.34. The minimum Gasteiger partial charge on any atom is -0.495 e. The van der Waals surface area contributed by atoms with Crippen molar-refractivity contribution in [3.05, 3.63) is 70.6 Å². The quantitative estimate of drug-likeness (QED) is 0.635. The van der Waals surface area contributed by atoms with E-state index < -0.39 is 23.8 Å². The number of oxime groups is 1. The molecule has 0 radical (unpaired) electrons. The van der Waals surface area contributed by atoms with Crippen molar-refractivity contribution < 1.29 is 23.6 Å². The number of rotatable bonds is 3. The molecule has 2 aliphatic rings. The summed E-state index contributed by atoms with van der Waals surface area (Å²) in [5.41, 5.74) is 0.574. The highest BCUT2D eigenvalue weighted by molar-refractivity contribution is 6.32. The Hall–Kier alpha value is -3.94. The van der Waals surface area contributed by atoms with Gasteiger partial charge in [-0.2, -0.15) is 0 Å². The van der Waals surface area contributed by atoms with Crippen LogP contribution in [0, 0.1) is 5.92 Å². The van der Waals surface area contributed by atoms with Crippen LogP contribution >= 0.6 is 0 Å². The summed E-state index contributed by atoms with van der Waals surface area (Å²) in [6.45, 7) is 0. The predicted octanol–water partition coefficient (Wildman–Crippen LogP) is 2.09. The smallest absolute Gasteiger partial charge is 0.279 e. The van der Waals surface area contributed by atoms with Crippen LogP contribution in [0.3, 0.4) is 0 Å². The predicted molar refractivity (Wildman–Crippen MR) is 103 cm³/mol. The topological polar surface area (TPSA) is 98.4 Å². The van der Waals surface area contributed by atoms with E-state index in [9.17, 15) is 14.4 Å². The summed E-state index contributed by atoms with van der Waals surface area (Å²) in [4.78, 5) is 45.3. The Kier molecular flexibility index (Phi) is 3.73. The number of methoxy groups -OCH3 is 1. The molecule has 2 aliphatic heterocycles. The molecular formula is C21H14N2O6. The fraction of sp³-hybridized carbons (Fsp3) is 0.143. The molecule has 1 aromatic heterocycles. The van der Waals surface area contributed by atoms with E-state index in [4.69, 9.17) is 14.0 Å². The molecule has 0 saturated carbocycles. The van der Waals surface area contributed by atoms with E-state index in [2.05, 4.69) is 5.16 Å². The number of para-hydroxylation sites is 3. The minimum atomic E-state index is -1.13. The van der Waals surface area contributed by atoms with Crippen LogP contribution in [0.15, 0.2) is 69.2 Å². The van der Waals surface area contributed by atoms with Gasteiger partial charge in [0, 0.05) is 0 Å². The first-order valence-electron chi connectivity index (χ1n) is 8.87. The van der Waals surface area contributed by atoms with Crippen molar-refractivity contribution >= 4 is 34.2 Å². The molecule has 0 N–H and O–H groups in total. The van der Waals surface area contributed by atoms with E-state index in [1.165, 1.54) is 13.4 Å². The number of carbonyl (C=O) groups excluding carboxylic acids is 2. The van der Waals surface area contributed by atoms with Gasteiger partial charge >= 0.3 is 0 Å². The number of carbonyl (C=O) groups is 2. The van der Waals surface area contributed by atoms with Gasteiger partial charge in [0.05, 0.1) is 23.7 Å². The van der Waals surface area contributed by atoms with Crippen LogP contribution in [-0.4, -0.2) is 30.7 Å². The van der Waals surface area contributed by atoms with E-state index in [0.717, 1.165) is 4.90 Å². The van der Waals surface area contributed by atoms with E-state index >= 15 is 0 Å². The highest BCUT2D eigenvalue weighted by atomic mass is 16.7. The van der Waals surface area contributed by atoms with Gasteiger partial charge in [-0.05, 0) is 24.3 Å². The van der Waals surface area contributed by atoms with Crippen molar-refractivity contribution in [3.63, 3.8) is 0 Å². The fourth-order valence-electron chi connectivity index (χ4n) is 3.71. The van der Waals surface area contributed by atoms with E-state index in [1.807, 2.05) is 0 Å². The zero-order chi connectivity index (χ0) is 20.1. The zero-order valence-corrected chi connectivity index (χ0v) is 15.2. The third-order valence-electron chi connectivity index (χ3n) is 5.09. The van der Waals surface area contributed by atoms with Gasteiger partial charge in [-0.3, -0.25) is 14.4 Å². The SMILES string of the molecule is COc1ccccc1N1C(=O)C2ON=C(c3coc4ccccc4c3=O)C2C1=O. The molecule has 2 amide bonds. The summed E-state index contributed by atoms with van der Waals surface area (Å²) in [6.07, 6.45) is 0.118. The van der Waals surface area contributed by atoms with Crippen LogP contribution < -0.4 is 15.1 Å². The van der Waals surface area contributed by atoms with Crippen LogP contribution in [0.25, 0.3) is 11.0 Å². The van der Waals surface area contributed by atoms with Crippen molar-refractivity contribution in [2.45, 2.75) is 6.10 Å². The summed E-state index contributed by atoms with van der Waals surface area (Å²) in [7, 11) is 1.45. The van der Waals surface area contributed by atoms with E-state index in [1.54, 1.807) is 48.5 Å². The zero-order valence-electron chi connectivity index (χ0n) is 15.2. The Morgan fingerprint density at radius 1 is 1.00 bits per heavy atom. The van der Waals surface area contributed by atoms with Crippen molar-refractivity contribution in [3.8, 4) is 5.75 Å². The second-order valence-electron chi connectivity index (χ2n) is 6.64. The van der Waals surface area contributed by atoms with Crippen LogP contribution in [0.5, 0.6) is 5.75 Å². The van der Waals surface area contributed by atoms with Crippen molar-refractivity contribution in [1.29, 1.82) is 0 Å². The molecule has 2 unspecified atom stereocenters. The first-order chi connectivity index (χ1) is 14.1. The molecule has 8 nitrogen and oxygen atoms in total. The maximum atomic E-state index is 13.2. The van der Waals surface area contributed by atoms with Gasteiger partial charge in [0.25, 0.3) is 5.91 Å². The van der Waals surface area contributed by atoms with Gasteiger partial charge in [-0.25, -0.2) is 4.90 Å². The van der Waals surface area contributed by atoms with Crippen LogP contribution in [-0.2, 0) is 14.4 Å². The number of nitrogens with zero attached hydrogens (tertiary/aromatic N) is 2. The van der Waals surface area contributed by atoms with Crippen molar-refractivity contribution in [2.24, 2.45) is 11.1 Å². The number of fused-ring (bicyclic) bond motifs is 2. The van der Waals surface area contributed by atoms with E-state index in [-0.39, 0.29) is 16.7 Å². The van der Waals surface area contributed by atoms with Crippen LogP contribution in [0.2, 0.25) is 0 Å². The summed E-state index contributed by atoms with van der Waals surface area (Å²) in [6, 6.07) is 13.5. The molecule has 3 aromatic rings. The lowest BCUT2D eigenvalue weighted by atomic mass is 9.94. The van der Waals surface area contributed by atoms with Crippen LogP contribution in [0.1, 0.15) is 5.56 Å². The third-order valence-corrected chi connectivity index (χ3v) is 5.09. The van der Waals surface area contributed by atoms with Crippen molar-refractivity contribution in [2.75, 3.05) is 12.0 Å². The third kappa shape index (κ3) is 2.39. The Balaban J connectivity index is 1.59. The Labute approximate surface area is 163 Å². The lowest BCUT2D eigenvalue weighted by molar-refractivity contribution is -0.126. The minimum absolute atomic E-state index is 0.0882. The molecule has 0 aliphatic carbocycles. The molecule has 2 atom stereocenters. The highest BCUT2D eigenvalue weighted by Crippen LogP contribution is 2.38. The second kappa shape index (κ2) is 6.30. The lowest BCUT2D eigenvalue weighted by Gasteiger charge is -2.18. The monoisotopic (exact) mass is 390 g/mol. The average Bonchev–Trinajstić information content (AvgIpc) is 3.28. The number of amides is 2. The first kappa shape index (κ1) is 17.2. The number of hydrogen-bond acceptors (Lipinski definition) is 7. The number of hydrogen-bond donors (Lipinski definition) is 0. The molecule has 0 bridgehead atoms. The summed E-state index contributed by atoms with van der Waals surface area (Å²) in [5, 5.41) is 4.24. The highest BCUT2D eigenvalue weighted by Gasteiger charge is 2.57. The summed E-state index contributed by atoms with van der Waals surface area (Å²) < 4.78 is 10.8. The molecule has 1 saturated heterocycles. The van der Waals surface area contributed by atoms with Gasteiger partial charge in [-0.15, -0.1) is 0 Å². The molecule has 2 aromatic carbocycles. The Bertz CT molecular complexity index is 1260. The molecule has 8 heteroatoms. The van der Waals surface area contributed by atoms with Gasteiger partial charge in [0.2, 0.25) is 17.4 Å². The standard InChI is InChI=1S/C21H14N2O6/c1-27-15-9-5-3-7-13(15)23-20(25)16-17(22-29-19(16)21(23)26)12-10-28-14-8-4-2-6-11(14)18(12)24/h2-10,16,19H,1H3. The normalized spacial score (nSPS) is 20.6. The number of anilines is 1. The molecular weight excluding hydrogens is 376 g/mol. The molecule has 144 valence electrons. The average molecular weight is 390 g/mol. The summed E-state index contributed by atoms with van der Waals surface area (Å²) >= 11 is 0. The molecule has 3 heterocycles. The molecule has 29 heavy (non-hydrogen) atoms. The number of benzene rings is 2. The molecule has 5 rings (SSSR count). The first-order valence-corrected chi connectivity index (χ1v) is 8.87. The molecule has 1 fully saturated rings. The largest absolute Gasteiger partial charge is 0.495 e. The molecule has 0 spiro atoms. The van der Waals surface area contributed by atoms with Crippen LogP contribution in [0.4, 0.5) is 5.69 Å². The van der Waals surface area contributed by atoms with Crippen molar-refractivity contribution in [1.82, 2.24) is 0 Å². The maximum Gasteiger partial charge on any atom is 0.279 e. The summed E-state index contributed by atoms with van der Waals surface area (Å²) in [5.74, 6) is -1.75. The van der Waals surface area contributed by atoms with Gasteiger partial charge < -0.3 is 14.0 Å². The van der Waals surface area contributed by atoms with Gasteiger partial charge in [0.15, 0.2) is 0 Å². The van der Waals surface area contributed by atoms with Gasteiger partial charge in [-0.1, -0.05) is 29.4 Å². The van der Waals surface area contributed by atoms with E-state index in [0.29, 0.717) is 22.4 Å². The number of imide groups is 1. The Morgan fingerprint density at radius 2 is 1.76 bits per heavy atom. The fourth-order valence-corrected chi connectivity index (χ4v) is 3.71. The maximum absolute atomic E-state index is 13.2. The Morgan fingerprint density at radius 3 is 2.59 bits per heavy atom. The number of ether oxygens (including phenoxy) is 1. The second-order valence-corrected chi connectivity index (χ2v) is 6.64. The van der Waals surface area contributed by atoms with Gasteiger partial charge in [0.1, 0.15) is 29.2 Å².